The first-order chi connectivity index (χ1) is 18.5. The van der Waals surface area contributed by atoms with Crippen LogP contribution in [0.1, 0.15) is 37.2 Å². The molecule has 1 aromatic carbocycles. The number of nitrogens with one attached hydrogen (secondary N) is 1. The molecule has 0 bridgehead atoms. The molecule has 0 aliphatic carbocycles. The van der Waals surface area contributed by atoms with E-state index in [1.165, 1.54) is 11.8 Å². The summed E-state index contributed by atoms with van der Waals surface area (Å²) >= 11 is 0. The van der Waals surface area contributed by atoms with Gasteiger partial charge in [0.1, 0.15) is 17.3 Å². The zero-order valence-corrected chi connectivity index (χ0v) is 22.4. The fourth-order valence-corrected chi connectivity index (χ4v) is 5.65. The molecule has 6 rings (SSSR count). The normalized spacial score (nSPS) is 18.3. The van der Waals surface area contributed by atoms with Gasteiger partial charge in [-0.15, -0.1) is 0 Å². The molecule has 2 aliphatic rings. The number of nitrogens with zero attached hydrogens (tertiary/aromatic N) is 7. The summed E-state index contributed by atoms with van der Waals surface area (Å²) in [5, 5.41) is 3.15. The van der Waals surface area contributed by atoms with E-state index in [9.17, 15) is 4.39 Å². The number of pyridine rings is 1. The Bertz CT molecular complexity index is 1440. The molecule has 9 heteroatoms. The first-order valence-electron chi connectivity index (χ1n) is 13.7. The largest absolute Gasteiger partial charge is 0.328 e. The van der Waals surface area contributed by atoms with Crippen LogP contribution in [0, 0.1) is 18.7 Å². The number of aryl methyl sites for hydroxylation is 1. The summed E-state index contributed by atoms with van der Waals surface area (Å²) in [7, 11) is 0. The van der Waals surface area contributed by atoms with Crippen LogP contribution >= 0.6 is 0 Å². The first-order valence-corrected chi connectivity index (χ1v) is 13.7. The standard InChI is InChI=1S/C29H35FN8/c1-4-20-13-26-34-27-19(3)12-22(14-24(27)38(26)18-20)28-23(30)16-32-29(35-28)33-25-7-6-21(15-31-25)17-37-10-8-36(5-2)9-11-37/h6-7,12,14-16,20H,4-5,8-11,13,17-18H2,1-3H3,(H,31,32,33,35). The van der Waals surface area contributed by atoms with Gasteiger partial charge in [0.15, 0.2) is 5.82 Å². The van der Waals surface area contributed by atoms with E-state index >= 15 is 0 Å². The van der Waals surface area contributed by atoms with E-state index in [-0.39, 0.29) is 5.69 Å². The van der Waals surface area contributed by atoms with Gasteiger partial charge in [0.2, 0.25) is 5.95 Å². The Kier molecular flexibility index (Phi) is 6.80. The summed E-state index contributed by atoms with van der Waals surface area (Å²) in [6.07, 6.45) is 5.24. The van der Waals surface area contributed by atoms with E-state index < -0.39 is 5.82 Å². The predicted octanol–water partition coefficient (Wildman–Crippen LogP) is 4.80. The number of benzene rings is 1. The van der Waals surface area contributed by atoms with Crippen LogP contribution in [0.15, 0.2) is 36.7 Å². The summed E-state index contributed by atoms with van der Waals surface area (Å²) in [6, 6.07) is 7.98. The summed E-state index contributed by atoms with van der Waals surface area (Å²) in [4.78, 5) is 23.1. The summed E-state index contributed by atoms with van der Waals surface area (Å²) in [5.41, 5.74) is 5.23. The summed E-state index contributed by atoms with van der Waals surface area (Å²) < 4.78 is 17.3. The van der Waals surface area contributed by atoms with Gasteiger partial charge in [0.05, 0.1) is 17.2 Å². The second-order valence-electron chi connectivity index (χ2n) is 10.6. The van der Waals surface area contributed by atoms with E-state index in [2.05, 4.69) is 54.5 Å². The predicted molar refractivity (Wildman–Crippen MR) is 148 cm³/mol. The minimum absolute atomic E-state index is 0.274. The lowest BCUT2D eigenvalue weighted by molar-refractivity contribution is 0.132. The molecule has 198 valence electrons. The average molecular weight is 515 g/mol. The molecule has 1 N–H and O–H groups in total. The first kappa shape index (κ1) is 24.9. The molecule has 2 aliphatic heterocycles. The number of fused-ring (bicyclic) bond motifs is 3. The van der Waals surface area contributed by atoms with Crippen molar-refractivity contribution in [2.75, 3.05) is 38.0 Å². The summed E-state index contributed by atoms with van der Waals surface area (Å²) in [6.45, 7) is 13.8. The number of rotatable bonds is 7. The van der Waals surface area contributed by atoms with Crippen molar-refractivity contribution in [2.24, 2.45) is 5.92 Å². The fraction of sp³-hybridized carbons (Fsp3) is 0.448. The van der Waals surface area contributed by atoms with Crippen molar-refractivity contribution in [3.63, 3.8) is 0 Å². The topological polar surface area (TPSA) is 75.0 Å². The molecule has 0 amide bonds. The van der Waals surface area contributed by atoms with Crippen LogP contribution in [0.5, 0.6) is 0 Å². The maximum atomic E-state index is 15.0. The van der Waals surface area contributed by atoms with Crippen LogP contribution < -0.4 is 5.32 Å². The minimum atomic E-state index is -0.451. The molecule has 1 unspecified atom stereocenters. The number of imidazole rings is 1. The minimum Gasteiger partial charge on any atom is -0.328 e. The molecule has 8 nitrogen and oxygen atoms in total. The summed E-state index contributed by atoms with van der Waals surface area (Å²) in [5.74, 6) is 2.24. The maximum Gasteiger partial charge on any atom is 0.229 e. The number of halogens is 1. The van der Waals surface area contributed by atoms with Crippen LogP contribution in [0.3, 0.4) is 0 Å². The number of hydrogen-bond donors (Lipinski definition) is 1. The molecule has 0 spiro atoms. The van der Waals surface area contributed by atoms with Crippen LogP contribution in [0.25, 0.3) is 22.3 Å². The van der Waals surface area contributed by atoms with Crippen LogP contribution in [0.2, 0.25) is 0 Å². The highest BCUT2D eigenvalue weighted by molar-refractivity contribution is 5.85. The van der Waals surface area contributed by atoms with Gasteiger partial charge < -0.3 is 14.8 Å². The molecule has 4 aromatic rings. The Hall–Kier alpha value is -3.43. The van der Waals surface area contributed by atoms with Crippen molar-refractivity contribution in [2.45, 2.75) is 46.7 Å². The zero-order chi connectivity index (χ0) is 26.2. The van der Waals surface area contributed by atoms with Crippen molar-refractivity contribution in [3.8, 4) is 11.3 Å². The van der Waals surface area contributed by atoms with Gasteiger partial charge >= 0.3 is 0 Å². The number of piperazine rings is 1. The lowest BCUT2D eigenvalue weighted by Crippen LogP contribution is -2.45. The SMILES string of the molecule is CCC1Cc2nc3c(C)cc(-c4nc(Nc5ccc(CN6CCN(CC)CC6)cn5)ncc4F)cc3n2C1. The average Bonchev–Trinajstić information content (AvgIpc) is 3.50. The number of likely N-dealkylation sites (N-methyl/N-ethyl adjacent to an activating group) is 1. The van der Waals surface area contributed by atoms with Crippen LogP contribution in [0.4, 0.5) is 16.2 Å². The third-order valence-corrected chi connectivity index (χ3v) is 8.01. The second kappa shape index (κ2) is 10.4. The molecule has 3 aromatic heterocycles. The van der Waals surface area contributed by atoms with Gasteiger partial charge in [-0.05, 0) is 48.7 Å². The van der Waals surface area contributed by atoms with Crippen LogP contribution in [-0.2, 0) is 19.5 Å². The van der Waals surface area contributed by atoms with Crippen molar-refractivity contribution in [1.29, 1.82) is 0 Å². The lowest BCUT2D eigenvalue weighted by atomic mass is 10.0. The molecule has 0 radical (unpaired) electrons. The molecule has 1 atom stereocenters. The molecule has 5 heterocycles. The molecule has 1 fully saturated rings. The highest BCUT2D eigenvalue weighted by atomic mass is 19.1. The van der Waals surface area contributed by atoms with Crippen LogP contribution in [-0.4, -0.2) is 67.0 Å². The number of hydrogen-bond acceptors (Lipinski definition) is 7. The van der Waals surface area contributed by atoms with Gasteiger partial charge in [0.25, 0.3) is 0 Å². The van der Waals surface area contributed by atoms with E-state index in [1.807, 2.05) is 31.3 Å². The van der Waals surface area contributed by atoms with E-state index in [1.54, 1.807) is 0 Å². The molecule has 1 saturated heterocycles. The zero-order valence-electron chi connectivity index (χ0n) is 22.4. The number of aromatic nitrogens is 5. The van der Waals surface area contributed by atoms with Gasteiger partial charge in [-0.2, -0.15) is 0 Å². The molecule has 38 heavy (non-hydrogen) atoms. The second-order valence-corrected chi connectivity index (χ2v) is 10.6. The van der Waals surface area contributed by atoms with E-state index in [4.69, 9.17) is 4.98 Å². The Morgan fingerprint density at radius 2 is 1.82 bits per heavy atom. The smallest absolute Gasteiger partial charge is 0.229 e. The lowest BCUT2D eigenvalue weighted by Gasteiger charge is -2.33. The Morgan fingerprint density at radius 3 is 2.55 bits per heavy atom. The Labute approximate surface area is 222 Å². The van der Waals surface area contributed by atoms with Crippen molar-refractivity contribution >= 4 is 22.8 Å². The van der Waals surface area contributed by atoms with Crippen molar-refractivity contribution in [3.05, 3.63) is 59.4 Å². The third-order valence-electron chi connectivity index (χ3n) is 8.01. The quantitative estimate of drug-likeness (QED) is 0.380. The van der Waals surface area contributed by atoms with Gasteiger partial charge in [-0.1, -0.05) is 26.3 Å². The Morgan fingerprint density at radius 1 is 1.00 bits per heavy atom. The third kappa shape index (κ3) is 4.88. The van der Waals surface area contributed by atoms with Gasteiger partial charge in [-0.25, -0.2) is 24.3 Å². The van der Waals surface area contributed by atoms with Crippen molar-refractivity contribution < 1.29 is 4.39 Å². The molecular formula is C29H35FN8. The van der Waals surface area contributed by atoms with Crippen molar-refractivity contribution in [1.82, 2.24) is 34.3 Å². The van der Waals surface area contributed by atoms with Gasteiger partial charge in [-0.3, -0.25) is 4.90 Å². The highest BCUT2D eigenvalue weighted by Crippen LogP contribution is 2.33. The maximum absolute atomic E-state index is 15.0. The monoisotopic (exact) mass is 514 g/mol. The molecule has 0 saturated carbocycles. The highest BCUT2D eigenvalue weighted by Gasteiger charge is 2.25. The van der Waals surface area contributed by atoms with E-state index in [0.29, 0.717) is 17.7 Å². The van der Waals surface area contributed by atoms with E-state index in [0.717, 1.165) is 86.6 Å². The molecular weight excluding hydrogens is 479 g/mol. The Balaban J connectivity index is 1.20. The number of anilines is 2. The van der Waals surface area contributed by atoms with Gasteiger partial charge in [0, 0.05) is 57.4 Å². The fourth-order valence-electron chi connectivity index (χ4n) is 5.65.